The minimum absolute atomic E-state index is 0.0769. The van der Waals surface area contributed by atoms with E-state index in [1.54, 1.807) is 22.3 Å². The molecule has 0 heterocycles. The molecule has 2 aromatic carbocycles. The molecule has 0 N–H and O–H groups in total. The fourth-order valence-electron chi connectivity index (χ4n) is 6.42. The number of aryl methyl sites for hydroxylation is 4. The van der Waals surface area contributed by atoms with Gasteiger partial charge in [-0.25, -0.2) is 0 Å². The van der Waals surface area contributed by atoms with E-state index in [-0.39, 0.29) is 5.97 Å². The Morgan fingerprint density at radius 1 is 0.727 bits per heavy atom. The summed E-state index contributed by atoms with van der Waals surface area (Å²) in [5.74, 6) is -0.0769. The van der Waals surface area contributed by atoms with Crippen LogP contribution in [0.1, 0.15) is 96.5 Å². The van der Waals surface area contributed by atoms with Gasteiger partial charge in [-0.2, -0.15) is 0 Å². The van der Waals surface area contributed by atoms with Crippen LogP contribution in [0.15, 0.2) is 16.6 Å². The molecule has 0 bridgehead atoms. The van der Waals surface area contributed by atoms with Crippen LogP contribution in [0.2, 0.25) is 0 Å². The Morgan fingerprint density at radius 3 is 1.55 bits per heavy atom. The van der Waals surface area contributed by atoms with E-state index in [0.29, 0.717) is 6.42 Å². The van der Waals surface area contributed by atoms with Crippen molar-refractivity contribution in [2.75, 3.05) is 0 Å². The van der Waals surface area contributed by atoms with Crippen LogP contribution >= 0.6 is 15.9 Å². The Bertz CT molecular complexity index is 1030. The van der Waals surface area contributed by atoms with Crippen molar-refractivity contribution in [3.05, 3.63) is 66.7 Å². The van der Waals surface area contributed by atoms with Crippen molar-refractivity contribution in [2.24, 2.45) is 0 Å². The summed E-state index contributed by atoms with van der Waals surface area (Å²) in [6.45, 7) is 5.81. The number of hydrogen-bond acceptors (Lipinski definition) is 2. The maximum absolute atomic E-state index is 12.2. The molecule has 6 rings (SSSR count). The standard InChI is InChI=1S/C18H24O2.C12H13Br/c1-18(2,3)20-17(19)11-16-14-8-4-6-12(14)10-13-7-5-9-15(13)16;13-12-10-5-1-3-8(10)7-9-4-2-6-11(9)12/h10H,4-9,11H2,1-3H3;7H,1-6H2. The van der Waals surface area contributed by atoms with Gasteiger partial charge in [-0.05, 0) is 148 Å². The average molecular weight is 510 g/mol. The SMILES string of the molecule is Brc1c2c(cc3c1CCC3)CCC2.CC(C)(C)OC(=O)Cc1c2c(cc3c1CCC3)CCC2. The summed E-state index contributed by atoms with van der Waals surface area (Å²) >= 11 is 3.78. The normalized spacial score (nSPS) is 17.7. The molecule has 2 aromatic rings. The van der Waals surface area contributed by atoms with Crippen molar-refractivity contribution in [1.29, 1.82) is 0 Å². The van der Waals surface area contributed by atoms with E-state index in [1.807, 2.05) is 20.8 Å². The average Bonchev–Trinajstić information content (AvgIpc) is 3.53. The first-order valence-corrected chi connectivity index (χ1v) is 13.8. The molecule has 0 amide bonds. The summed E-state index contributed by atoms with van der Waals surface area (Å²) in [4.78, 5) is 12.2. The highest BCUT2D eigenvalue weighted by atomic mass is 79.9. The monoisotopic (exact) mass is 508 g/mol. The molecule has 4 aliphatic rings. The third-order valence-corrected chi connectivity index (χ3v) is 8.70. The number of carbonyl (C=O) groups is 1. The molecule has 0 radical (unpaired) electrons. The van der Waals surface area contributed by atoms with Crippen LogP contribution in [0.3, 0.4) is 0 Å². The van der Waals surface area contributed by atoms with Gasteiger partial charge in [-0.3, -0.25) is 4.79 Å². The van der Waals surface area contributed by atoms with Crippen molar-refractivity contribution in [3.8, 4) is 0 Å². The van der Waals surface area contributed by atoms with Crippen molar-refractivity contribution in [3.63, 3.8) is 0 Å². The largest absolute Gasteiger partial charge is 0.460 e. The highest BCUT2D eigenvalue weighted by molar-refractivity contribution is 9.10. The highest BCUT2D eigenvalue weighted by Gasteiger charge is 2.27. The third-order valence-electron chi connectivity index (χ3n) is 7.74. The zero-order chi connectivity index (χ0) is 23.2. The molecule has 176 valence electrons. The van der Waals surface area contributed by atoms with E-state index in [0.717, 1.165) is 12.8 Å². The van der Waals surface area contributed by atoms with Crippen molar-refractivity contribution >= 4 is 21.9 Å². The quantitative estimate of drug-likeness (QED) is 0.409. The lowest BCUT2D eigenvalue weighted by Gasteiger charge is -2.21. The summed E-state index contributed by atoms with van der Waals surface area (Å²) in [7, 11) is 0. The number of carbonyl (C=O) groups excluding carboxylic acids is 1. The van der Waals surface area contributed by atoms with Gasteiger partial charge in [0.2, 0.25) is 0 Å². The van der Waals surface area contributed by atoms with Crippen LogP contribution in [-0.2, 0) is 67.3 Å². The van der Waals surface area contributed by atoms with Crippen LogP contribution in [0.5, 0.6) is 0 Å². The van der Waals surface area contributed by atoms with Gasteiger partial charge in [0.1, 0.15) is 5.60 Å². The molecule has 0 atom stereocenters. The van der Waals surface area contributed by atoms with Crippen molar-refractivity contribution in [2.45, 2.75) is 110 Å². The fourth-order valence-corrected chi connectivity index (χ4v) is 7.32. The Labute approximate surface area is 207 Å². The summed E-state index contributed by atoms with van der Waals surface area (Å²) in [6.07, 6.45) is 15.5. The molecule has 3 heteroatoms. The van der Waals surface area contributed by atoms with Crippen LogP contribution in [0.4, 0.5) is 0 Å². The molecular formula is C30H37BrO2. The lowest BCUT2D eigenvalue weighted by Crippen LogP contribution is -2.25. The lowest BCUT2D eigenvalue weighted by molar-refractivity contribution is -0.153. The van der Waals surface area contributed by atoms with E-state index in [1.165, 1.54) is 96.5 Å². The zero-order valence-electron chi connectivity index (χ0n) is 20.5. The third kappa shape index (κ3) is 4.81. The van der Waals surface area contributed by atoms with E-state index in [4.69, 9.17) is 4.74 Å². The van der Waals surface area contributed by atoms with Gasteiger partial charge in [-0.1, -0.05) is 28.1 Å². The number of fused-ring (bicyclic) bond motifs is 4. The molecule has 0 spiro atoms. The topological polar surface area (TPSA) is 26.3 Å². The fraction of sp³-hybridized carbons (Fsp3) is 0.567. The Morgan fingerprint density at radius 2 is 1.12 bits per heavy atom. The minimum atomic E-state index is -0.391. The van der Waals surface area contributed by atoms with Gasteiger partial charge in [0.15, 0.2) is 0 Å². The molecule has 0 unspecified atom stereocenters. The molecule has 2 nitrogen and oxygen atoms in total. The first-order chi connectivity index (χ1) is 15.8. The van der Waals surface area contributed by atoms with Gasteiger partial charge in [0.25, 0.3) is 0 Å². The summed E-state index contributed by atoms with van der Waals surface area (Å²) in [6, 6.07) is 4.87. The molecule has 0 saturated carbocycles. The van der Waals surface area contributed by atoms with E-state index >= 15 is 0 Å². The number of hydrogen-bond donors (Lipinski definition) is 0. The van der Waals surface area contributed by atoms with Crippen LogP contribution < -0.4 is 0 Å². The van der Waals surface area contributed by atoms with Gasteiger partial charge in [0, 0.05) is 4.47 Å². The second-order valence-electron chi connectivity index (χ2n) is 11.3. The second-order valence-corrected chi connectivity index (χ2v) is 12.1. The molecule has 0 aromatic heterocycles. The number of esters is 1. The van der Waals surface area contributed by atoms with E-state index in [2.05, 4.69) is 28.1 Å². The number of ether oxygens (including phenoxy) is 1. The zero-order valence-corrected chi connectivity index (χ0v) is 22.1. The maximum Gasteiger partial charge on any atom is 0.310 e. The highest BCUT2D eigenvalue weighted by Crippen LogP contribution is 2.38. The van der Waals surface area contributed by atoms with Gasteiger partial charge in [-0.15, -0.1) is 0 Å². The first-order valence-electron chi connectivity index (χ1n) is 13.0. The van der Waals surface area contributed by atoms with Crippen LogP contribution in [-0.4, -0.2) is 11.6 Å². The van der Waals surface area contributed by atoms with Crippen molar-refractivity contribution in [1.82, 2.24) is 0 Å². The summed E-state index contributed by atoms with van der Waals surface area (Å²) in [5, 5.41) is 0. The van der Waals surface area contributed by atoms with Gasteiger partial charge >= 0.3 is 5.97 Å². The molecule has 33 heavy (non-hydrogen) atoms. The Kier molecular flexibility index (Phi) is 6.46. The summed E-state index contributed by atoms with van der Waals surface area (Å²) in [5.41, 5.74) is 13.3. The number of benzene rings is 2. The maximum atomic E-state index is 12.2. The molecule has 4 aliphatic carbocycles. The van der Waals surface area contributed by atoms with Gasteiger partial charge in [0.05, 0.1) is 6.42 Å². The van der Waals surface area contributed by atoms with Gasteiger partial charge < -0.3 is 4.74 Å². The first kappa shape index (κ1) is 23.1. The predicted octanol–water partition coefficient (Wildman–Crippen LogP) is 6.97. The summed E-state index contributed by atoms with van der Waals surface area (Å²) < 4.78 is 6.98. The Balaban J connectivity index is 0.000000151. The van der Waals surface area contributed by atoms with E-state index in [9.17, 15) is 4.79 Å². The van der Waals surface area contributed by atoms with Crippen molar-refractivity contribution < 1.29 is 9.53 Å². The lowest BCUT2D eigenvalue weighted by atomic mass is 9.92. The van der Waals surface area contributed by atoms with Crippen LogP contribution in [0.25, 0.3) is 0 Å². The second kappa shape index (κ2) is 9.21. The Hall–Kier alpha value is -1.61. The molecular weight excluding hydrogens is 472 g/mol. The number of rotatable bonds is 2. The smallest absolute Gasteiger partial charge is 0.310 e. The molecule has 0 fully saturated rings. The predicted molar refractivity (Wildman–Crippen MR) is 138 cm³/mol. The molecule has 0 aliphatic heterocycles. The molecule has 0 saturated heterocycles. The van der Waals surface area contributed by atoms with Crippen LogP contribution in [0, 0.1) is 0 Å². The van der Waals surface area contributed by atoms with E-state index < -0.39 is 5.60 Å². The minimum Gasteiger partial charge on any atom is -0.460 e. The number of halogens is 1.